The summed E-state index contributed by atoms with van der Waals surface area (Å²) in [6, 6.07) is 3.65. The SMILES string of the molecule is CCN1CCN(C(=O)c2ccncc2)C[C@@H]1c1ncc[nH]1. The largest absolute Gasteiger partial charge is 0.347 e. The van der Waals surface area contributed by atoms with Crippen LogP contribution < -0.4 is 0 Å². The number of piperazine rings is 1. The van der Waals surface area contributed by atoms with E-state index in [2.05, 4.69) is 26.8 Å². The van der Waals surface area contributed by atoms with E-state index in [-0.39, 0.29) is 11.9 Å². The molecule has 1 atom stereocenters. The highest BCUT2D eigenvalue weighted by atomic mass is 16.2. The van der Waals surface area contributed by atoms with Crippen molar-refractivity contribution in [2.24, 2.45) is 0 Å². The summed E-state index contributed by atoms with van der Waals surface area (Å²) in [4.78, 5) is 28.3. The molecular weight excluding hydrogens is 266 g/mol. The zero-order valence-corrected chi connectivity index (χ0v) is 12.1. The second-order valence-corrected chi connectivity index (χ2v) is 5.11. The van der Waals surface area contributed by atoms with Crippen LogP contribution in [0.5, 0.6) is 0 Å². The van der Waals surface area contributed by atoms with E-state index in [4.69, 9.17) is 0 Å². The molecule has 2 aromatic heterocycles. The van der Waals surface area contributed by atoms with Crippen molar-refractivity contribution in [3.63, 3.8) is 0 Å². The van der Waals surface area contributed by atoms with E-state index >= 15 is 0 Å². The van der Waals surface area contributed by atoms with Crippen LogP contribution in [-0.2, 0) is 0 Å². The summed E-state index contributed by atoms with van der Waals surface area (Å²) in [5.74, 6) is 0.980. The minimum Gasteiger partial charge on any atom is -0.347 e. The van der Waals surface area contributed by atoms with E-state index in [9.17, 15) is 4.79 Å². The molecule has 0 aliphatic carbocycles. The molecule has 1 amide bonds. The van der Waals surface area contributed by atoms with Gasteiger partial charge in [0.15, 0.2) is 0 Å². The van der Waals surface area contributed by atoms with Crippen molar-refractivity contribution in [1.82, 2.24) is 24.8 Å². The molecule has 3 rings (SSSR count). The first-order valence-corrected chi connectivity index (χ1v) is 7.22. The van der Waals surface area contributed by atoms with Crippen molar-refractivity contribution in [3.8, 4) is 0 Å². The van der Waals surface area contributed by atoms with Gasteiger partial charge in [0.2, 0.25) is 0 Å². The van der Waals surface area contributed by atoms with Crippen LogP contribution in [0, 0.1) is 0 Å². The molecule has 2 aromatic rings. The molecule has 0 radical (unpaired) electrons. The van der Waals surface area contributed by atoms with Gasteiger partial charge >= 0.3 is 0 Å². The van der Waals surface area contributed by atoms with Crippen LogP contribution in [0.2, 0.25) is 0 Å². The van der Waals surface area contributed by atoms with Gasteiger partial charge in [0.05, 0.1) is 6.04 Å². The number of aromatic amines is 1. The van der Waals surface area contributed by atoms with Gasteiger partial charge in [0.1, 0.15) is 5.82 Å². The third kappa shape index (κ3) is 2.80. The van der Waals surface area contributed by atoms with Gasteiger partial charge in [-0.15, -0.1) is 0 Å². The van der Waals surface area contributed by atoms with E-state index in [0.717, 1.165) is 25.5 Å². The van der Waals surface area contributed by atoms with E-state index < -0.39 is 0 Å². The Bertz CT molecular complexity index is 583. The van der Waals surface area contributed by atoms with Gasteiger partial charge in [-0.05, 0) is 18.7 Å². The van der Waals surface area contributed by atoms with Gasteiger partial charge in [-0.1, -0.05) is 6.92 Å². The number of rotatable bonds is 3. The number of hydrogen-bond donors (Lipinski definition) is 1. The lowest BCUT2D eigenvalue weighted by Gasteiger charge is -2.40. The fraction of sp³-hybridized carbons (Fsp3) is 0.400. The molecule has 1 aliphatic rings. The molecule has 0 aromatic carbocycles. The summed E-state index contributed by atoms with van der Waals surface area (Å²) in [7, 11) is 0. The minimum absolute atomic E-state index is 0.0599. The van der Waals surface area contributed by atoms with Gasteiger partial charge < -0.3 is 9.88 Å². The number of carbonyl (C=O) groups excluding carboxylic acids is 1. The first-order chi connectivity index (χ1) is 10.3. The van der Waals surface area contributed by atoms with Gasteiger partial charge in [-0.2, -0.15) is 0 Å². The molecule has 1 N–H and O–H groups in total. The van der Waals surface area contributed by atoms with Gasteiger partial charge in [0, 0.05) is 50.0 Å². The Labute approximate surface area is 123 Å². The Morgan fingerprint density at radius 1 is 1.33 bits per heavy atom. The number of aromatic nitrogens is 3. The molecule has 0 unspecified atom stereocenters. The fourth-order valence-corrected chi connectivity index (χ4v) is 2.78. The Balaban J connectivity index is 1.78. The maximum atomic E-state index is 12.6. The molecule has 0 saturated carbocycles. The maximum Gasteiger partial charge on any atom is 0.254 e. The Kier molecular flexibility index (Phi) is 3.96. The lowest BCUT2D eigenvalue weighted by atomic mass is 10.1. The molecule has 6 nitrogen and oxygen atoms in total. The highest BCUT2D eigenvalue weighted by Gasteiger charge is 2.31. The van der Waals surface area contributed by atoms with Crippen LogP contribution >= 0.6 is 0 Å². The number of pyridine rings is 1. The molecule has 1 fully saturated rings. The highest BCUT2D eigenvalue weighted by molar-refractivity contribution is 5.94. The normalized spacial score (nSPS) is 19.7. The summed E-state index contributed by atoms with van der Waals surface area (Å²) in [5.41, 5.74) is 0.688. The number of hydrogen-bond acceptors (Lipinski definition) is 4. The first kappa shape index (κ1) is 13.8. The second-order valence-electron chi connectivity index (χ2n) is 5.11. The number of likely N-dealkylation sites (N-methyl/N-ethyl adjacent to an activating group) is 1. The van der Waals surface area contributed by atoms with Gasteiger partial charge in [-0.25, -0.2) is 4.98 Å². The monoisotopic (exact) mass is 285 g/mol. The van der Waals surface area contributed by atoms with Crippen LogP contribution in [0.25, 0.3) is 0 Å². The van der Waals surface area contributed by atoms with Crippen LogP contribution in [0.15, 0.2) is 36.9 Å². The van der Waals surface area contributed by atoms with Crippen molar-refractivity contribution in [2.45, 2.75) is 13.0 Å². The Morgan fingerprint density at radius 3 is 2.81 bits per heavy atom. The number of imidazole rings is 1. The molecular formula is C15H19N5O. The second kappa shape index (κ2) is 6.05. The minimum atomic E-state index is 0.0599. The first-order valence-electron chi connectivity index (χ1n) is 7.22. The van der Waals surface area contributed by atoms with E-state index in [0.29, 0.717) is 12.1 Å². The molecule has 21 heavy (non-hydrogen) atoms. The number of H-pyrrole nitrogens is 1. The fourth-order valence-electron chi connectivity index (χ4n) is 2.78. The molecule has 1 saturated heterocycles. The van der Waals surface area contributed by atoms with Crippen LogP contribution in [0.1, 0.15) is 29.1 Å². The predicted molar refractivity (Wildman–Crippen MR) is 78.7 cm³/mol. The number of nitrogens with one attached hydrogen (secondary N) is 1. The predicted octanol–water partition coefficient (Wildman–Crippen LogP) is 1.32. The van der Waals surface area contributed by atoms with E-state index in [1.165, 1.54) is 0 Å². The number of carbonyl (C=O) groups is 1. The van der Waals surface area contributed by atoms with Crippen molar-refractivity contribution < 1.29 is 4.79 Å². The van der Waals surface area contributed by atoms with Gasteiger partial charge in [-0.3, -0.25) is 14.7 Å². The standard InChI is InChI=1S/C15H19N5O/c1-2-19-9-10-20(11-13(19)14-17-7-8-18-14)15(21)12-3-5-16-6-4-12/h3-8,13H,2,9-11H2,1H3,(H,17,18)/t13-/m1/s1. The maximum absolute atomic E-state index is 12.6. The van der Waals surface area contributed by atoms with Crippen LogP contribution in [0.3, 0.4) is 0 Å². The quantitative estimate of drug-likeness (QED) is 0.924. The Hall–Kier alpha value is -2.21. The molecule has 110 valence electrons. The molecule has 6 heteroatoms. The molecule has 3 heterocycles. The zero-order chi connectivity index (χ0) is 14.7. The molecule has 1 aliphatic heterocycles. The summed E-state index contributed by atoms with van der Waals surface area (Å²) >= 11 is 0. The average molecular weight is 285 g/mol. The molecule has 0 bridgehead atoms. The summed E-state index contributed by atoms with van der Waals surface area (Å²) in [5, 5.41) is 0. The number of nitrogens with zero attached hydrogens (tertiary/aromatic N) is 4. The zero-order valence-electron chi connectivity index (χ0n) is 12.1. The van der Waals surface area contributed by atoms with E-state index in [1.807, 2.05) is 11.1 Å². The smallest absolute Gasteiger partial charge is 0.254 e. The average Bonchev–Trinajstić information content (AvgIpc) is 3.08. The summed E-state index contributed by atoms with van der Waals surface area (Å²) in [6.07, 6.45) is 6.89. The third-order valence-corrected chi connectivity index (χ3v) is 3.95. The van der Waals surface area contributed by atoms with Crippen molar-refractivity contribution in [3.05, 3.63) is 48.3 Å². The highest BCUT2D eigenvalue weighted by Crippen LogP contribution is 2.23. The summed E-state index contributed by atoms with van der Waals surface area (Å²) < 4.78 is 0. The molecule has 0 spiro atoms. The van der Waals surface area contributed by atoms with E-state index in [1.54, 1.807) is 30.7 Å². The third-order valence-electron chi connectivity index (χ3n) is 3.95. The van der Waals surface area contributed by atoms with Crippen molar-refractivity contribution in [2.75, 3.05) is 26.2 Å². The van der Waals surface area contributed by atoms with Crippen molar-refractivity contribution >= 4 is 5.91 Å². The topological polar surface area (TPSA) is 65.1 Å². The lowest BCUT2D eigenvalue weighted by molar-refractivity contribution is 0.0480. The van der Waals surface area contributed by atoms with Crippen LogP contribution in [0.4, 0.5) is 0 Å². The summed E-state index contributed by atoms with van der Waals surface area (Å²) in [6.45, 7) is 5.34. The number of amides is 1. The Morgan fingerprint density at radius 2 is 2.14 bits per heavy atom. The van der Waals surface area contributed by atoms with Crippen LogP contribution in [-0.4, -0.2) is 56.8 Å². The van der Waals surface area contributed by atoms with Gasteiger partial charge in [0.25, 0.3) is 5.91 Å². The lowest BCUT2D eigenvalue weighted by Crippen LogP contribution is -2.50. The van der Waals surface area contributed by atoms with Crippen molar-refractivity contribution in [1.29, 1.82) is 0 Å².